The van der Waals surface area contributed by atoms with Crippen molar-refractivity contribution in [3.05, 3.63) is 41.5 Å². The van der Waals surface area contributed by atoms with Crippen LogP contribution in [-0.4, -0.2) is 31.7 Å². The summed E-state index contributed by atoms with van der Waals surface area (Å²) in [4.78, 5) is 26.5. The lowest BCUT2D eigenvalue weighted by Gasteiger charge is -2.04. The summed E-state index contributed by atoms with van der Waals surface area (Å²) in [6.07, 6.45) is 2.05. The Morgan fingerprint density at radius 3 is 2.65 bits per heavy atom. The Bertz CT molecular complexity index is 646. The average molecular weight is 274 g/mol. The summed E-state index contributed by atoms with van der Waals surface area (Å²) in [5, 5.41) is 15.6. The van der Waals surface area contributed by atoms with Gasteiger partial charge in [0.25, 0.3) is 5.91 Å². The Kier molecular flexibility index (Phi) is 3.79. The Hall–Kier alpha value is -2.70. The largest absolute Gasteiger partial charge is 0.477 e. The zero-order valence-corrected chi connectivity index (χ0v) is 11.1. The first-order valence-corrected chi connectivity index (χ1v) is 6.05. The summed E-state index contributed by atoms with van der Waals surface area (Å²) in [6.45, 7) is 1.96. The van der Waals surface area contributed by atoms with E-state index in [2.05, 4.69) is 15.4 Å². The second-order valence-electron chi connectivity index (χ2n) is 4.19. The minimum absolute atomic E-state index is 0.0724. The molecule has 0 aliphatic rings. The van der Waals surface area contributed by atoms with Gasteiger partial charge in [-0.1, -0.05) is 6.92 Å². The molecule has 2 aromatic rings. The molecule has 2 aromatic heterocycles. The molecule has 0 aliphatic heterocycles. The van der Waals surface area contributed by atoms with Crippen LogP contribution in [0.5, 0.6) is 0 Å². The molecule has 1 amide bonds. The number of carbonyl (C=O) groups is 2. The zero-order chi connectivity index (χ0) is 14.7. The van der Waals surface area contributed by atoms with Crippen molar-refractivity contribution < 1.29 is 14.7 Å². The van der Waals surface area contributed by atoms with E-state index in [9.17, 15) is 9.59 Å². The molecule has 0 aromatic carbocycles. The van der Waals surface area contributed by atoms with Crippen molar-refractivity contribution >= 4 is 17.6 Å². The van der Waals surface area contributed by atoms with Crippen molar-refractivity contribution in [3.63, 3.8) is 0 Å². The summed E-state index contributed by atoms with van der Waals surface area (Å²) >= 11 is 0. The van der Waals surface area contributed by atoms with Crippen LogP contribution in [0.4, 0.5) is 5.69 Å². The van der Waals surface area contributed by atoms with Gasteiger partial charge in [0, 0.05) is 7.05 Å². The molecule has 0 fully saturated rings. The number of pyridine rings is 1. The Labute approximate surface area is 115 Å². The number of aromatic carboxylic acids is 1. The number of anilines is 1. The third-order valence-electron chi connectivity index (χ3n) is 2.77. The van der Waals surface area contributed by atoms with Gasteiger partial charge in [-0.15, -0.1) is 0 Å². The number of rotatable bonds is 4. The monoisotopic (exact) mass is 274 g/mol. The summed E-state index contributed by atoms with van der Waals surface area (Å²) in [6, 6.07) is 4.54. The predicted molar refractivity (Wildman–Crippen MR) is 71.7 cm³/mol. The fraction of sp³-hybridized carbons (Fsp3) is 0.231. The van der Waals surface area contributed by atoms with E-state index in [0.717, 1.165) is 12.1 Å². The summed E-state index contributed by atoms with van der Waals surface area (Å²) < 4.78 is 1.51. The quantitative estimate of drug-likeness (QED) is 0.876. The van der Waals surface area contributed by atoms with Crippen molar-refractivity contribution in [2.24, 2.45) is 7.05 Å². The molecule has 0 aliphatic carbocycles. The maximum atomic E-state index is 12.1. The van der Waals surface area contributed by atoms with Crippen LogP contribution in [0.15, 0.2) is 24.4 Å². The fourth-order valence-corrected chi connectivity index (χ4v) is 1.70. The Balaban J connectivity index is 2.14. The number of carbonyl (C=O) groups excluding carboxylic acids is 1. The molecule has 0 saturated heterocycles. The van der Waals surface area contributed by atoms with Crippen molar-refractivity contribution in [3.8, 4) is 0 Å². The van der Waals surface area contributed by atoms with Gasteiger partial charge in [-0.2, -0.15) is 5.10 Å². The standard InChI is InChI=1S/C13H14N4O3/c1-3-8-6-11(17(2)16-8)12(18)15-9-4-5-10(13(19)20)14-7-9/h4-7H,3H2,1-2H3,(H,15,18)(H,19,20). The molecular weight excluding hydrogens is 260 g/mol. The number of amides is 1. The van der Waals surface area contributed by atoms with Crippen LogP contribution in [-0.2, 0) is 13.5 Å². The van der Waals surface area contributed by atoms with E-state index in [1.807, 2.05) is 6.92 Å². The zero-order valence-electron chi connectivity index (χ0n) is 11.1. The SMILES string of the molecule is CCc1cc(C(=O)Nc2ccc(C(=O)O)nc2)n(C)n1. The van der Waals surface area contributed by atoms with Gasteiger partial charge in [0.2, 0.25) is 0 Å². The number of hydrogen-bond donors (Lipinski definition) is 2. The first-order valence-electron chi connectivity index (χ1n) is 6.05. The molecule has 20 heavy (non-hydrogen) atoms. The van der Waals surface area contributed by atoms with E-state index in [4.69, 9.17) is 5.11 Å². The summed E-state index contributed by atoms with van der Waals surface area (Å²) in [5.74, 6) is -1.42. The molecule has 2 heterocycles. The molecule has 2 N–H and O–H groups in total. The molecule has 0 radical (unpaired) electrons. The molecule has 104 valence electrons. The molecule has 0 atom stereocenters. The smallest absolute Gasteiger partial charge is 0.354 e. The maximum absolute atomic E-state index is 12.1. The van der Waals surface area contributed by atoms with E-state index in [0.29, 0.717) is 11.4 Å². The Morgan fingerprint density at radius 2 is 2.15 bits per heavy atom. The average Bonchev–Trinajstić information content (AvgIpc) is 2.80. The van der Waals surface area contributed by atoms with Crippen LogP contribution < -0.4 is 5.32 Å². The maximum Gasteiger partial charge on any atom is 0.354 e. The van der Waals surface area contributed by atoms with Crippen molar-refractivity contribution in [1.29, 1.82) is 0 Å². The molecule has 7 heteroatoms. The molecule has 0 saturated carbocycles. The van der Waals surface area contributed by atoms with Gasteiger partial charge < -0.3 is 10.4 Å². The van der Waals surface area contributed by atoms with Gasteiger partial charge in [0.1, 0.15) is 11.4 Å². The van der Waals surface area contributed by atoms with E-state index in [-0.39, 0.29) is 11.6 Å². The highest BCUT2D eigenvalue weighted by atomic mass is 16.4. The normalized spacial score (nSPS) is 10.3. The summed E-state index contributed by atoms with van der Waals surface area (Å²) in [5.41, 5.74) is 1.62. The van der Waals surface area contributed by atoms with Gasteiger partial charge in [0.15, 0.2) is 0 Å². The van der Waals surface area contributed by atoms with Crippen molar-refractivity contribution in [2.45, 2.75) is 13.3 Å². The molecule has 7 nitrogen and oxygen atoms in total. The van der Waals surface area contributed by atoms with Crippen LogP contribution in [0.3, 0.4) is 0 Å². The van der Waals surface area contributed by atoms with E-state index < -0.39 is 5.97 Å². The first kappa shape index (κ1) is 13.7. The highest BCUT2D eigenvalue weighted by Gasteiger charge is 2.13. The predicted octanol–water partition coefficient (Wildman–Crippen LogP) is 1.33. The lowest BCUT2D eigenvalue weighted by atomic mass is 10.3. The van der Waals surface area contributed by atoms with Gasteiger partial charge >= 0.3 is 5.97 Å². The highest BCUT2D eigenvalue weighted by Crippen LogP contribution is 2.10. The van der Waals surface area contributed by atoms with Crippen LogP contribution >= 0.6 is 0 Å². The number of carboxylic acid groups (broad SMARTS) is 1. The number of carboxylic acids is 1. The van der Waals surface area contributed by atoms with E-state index in [1.54, 1.807) is 13.1 Å². The number of nitrogens with one attached hydrogen (secondary N) is 1. The molecular formula is C13H14N4O3. The van der Waals surface area contributed by atoms with Crippen LogP contribution in [0.1, 0.15) is 33.6 Å². The van der Waals surface area contributed by atoms with Gasteiger partial charge in [-0.05, 0) is 24.6 Å². The second kappa shape index (κ2) is 5.52. The first-order chi connectivity index (χ1) is 9.51. The van der Waals surface area contributed by atoms with E-state index >= 15 is 0 Å². The van der Waals surface area contributed by atoms with Crippen LogP contribution in [0.25, 0.3) is 0 Å². The fourth-order valence-electron chi connectivity index (χ4n) is 1.70. The van der Waals surface area contributed by atoms with Crippen molar-refractivity contribution in [1.82, 2.24) is 14.8 Å². The van der Waals surface area contributed by atoms with Crippen LogP contribution in [0.2, 0.25) is 0 Å². The number of hydrogen-bond acceptors (Lipinski definition) is 4. The van der Waals surface area contributed by atoms with Gasteiger partial charge in [0.05, 0.1) is 17.6 Å². The summed E-state index contributed by atoms with van der Waals surface area (Å²) in [7, 11) is 1.69. The third kappa shape index (κ3) is 2.82. The van der Waals surface area contributed by atoms with Gasteiger partial charge in [-0.25, -0.2) is 9.78 Å². The highest BCUT2D eigenvalue weighted by molar-refractivity contribution is 6.03. The van der Waals surface area contributed by atoms with E-state index in [1.165, 1.54) is 23.0 Å². The molecule has 0 unspecified atom stereocenters. The minimum atomic E-state index is -1.11. The molecule has 0 bridgehead atoms. The topological polar surface area (TPSA) is 97.1 Å². The number of aromatic nitrogens is 3. The Morgan fingerprint density at radius 1 is 1.40 bits per heavy atom. The lowest BCUT2D eigenvalue weighted by molar-refractivity contribution is 0.0690. The molecule has 2 rings (SSSR count). The number of nitrogens with zero attached hydrogens (tertiary/aromatic N) is 3. The van der Waals surface area contributed by atoms with Crippen molar-refractivity contribution in [2.75, 3.05) is 5.32 Å². The minimum Gasteiger partial charge on any atom is -0.477 e. The second-order valence-corrected chi connectivity index (χ2v) is 4.19. The third-order valence-corrected chi connectivity index (χ3v) is 2.77. The lowest BCUT2D eigenvalue weighted by Crippen LogP contribution is -2.16. The van der Waals surface area contributed by atoms with Crippen LogP contribution in [0, 0.1) is 0 Å². The van der Waals surface area contributed by atoms with Gasteiger partial charge in [-0.3, -0.25) is 9.48 Å². The number of aryl methyl sites for hydroxylation is 2. The molecule has 0 spiro atoms.